The number of nitrogens with zero attached hydrogens (tertiary/aromatic N) is 4. The number of rotatable bonds is 8. The molecule has 0 aliphatic heterocycles. The lowest BCUT2D eigenvalue weighted by Crippen LogP contribution is -2.28. The highest BCUT2D eigenvalue weighted by Gasteiger charge is 2.33. The number of carbonyl (C=O) groups excluding carboxylic acids is 1. The van der Waals surface area contributed by atoms with Crippen molar-refractivity contribution in [1.29, 1.82) is 0 Å². The van der Waals surface area contributed by atoms with Gasteiger partial charge >= 0.3 is 11.9 Å². The van der Waals surface area contributed by atoms with Gasteiger partial charge in [-0.1, -0.05) is 0 Å². The first-order chi connectivity index (χ1) is 20.0. The van der Waals surface area contributed by atoms with Crippen LogP contribution < -0.4 is 20.5 Å². The predicted octanol–water partition coefficient (Wildman–Crippen LogP) is 5.07. The Morgan fingerprint density at radius 3 is 2.44 bits per heavy atom. The standard InChI is InChI=1S/C27H21F5N6O4.ClH/c1-37-24-18(14-7-19(29)25(21(8-14)41-2)42-12-22-33-13-34-36-22)9-15(27(30,31)32)10-20(24)38(26(37)40)11-23(39)35-17-5-3-16(28)4-6-17;/h3-10,13H,11-12H2,1-2H3,(H,35,39)(H,33,34,36);1H. The van der Waals surface area contributed by atoms with E-state index in [1.54, 1.807) is 0 Å². The molecule has 0 aliphatic rings. The van der Waals surface area contributed by atoms with Crippen molar-refractivity contribution in [3.05, 3.63) is 88.4 Å². The Labute approximate surface area is 245 Å². The van der Waals surface area contributed by atoms with Crippen molar-refractivity contribution < 1.29 is 36.2 Å². The summed E-state index contributed by atoms with van der Waals surface area (Å²) in [6.45, 7) is -0.849. The first-order valence-electron chi connectivity index (χ1n) is 12.2. The molecule has 2 aromatic heterocycles. The molecular weight excluding hydrogens is 603 g/mol. The number of alkyl halides is 3. The summed E-state index contributed by atoms with van der Waals surface area (Å²) < 4.78 is 83.2. The van der Waals surface area contributed by atoms with Gasteiger partial charge in [0.05, 0.1) is 23.7 Å². The number of halogens is 6. The Balaban J connectivity index is 0.00000423. The van der Waals surface area contributed by atoms with Crippen molar-refractivity contribution in [2.75, 3.05) is 12.4 Å². The van der Waals surface area contributed by atoms with Crippen molar-refractivity contribution in [1.82, 2.24) is 24.3 Å². The van der Waals surface area contributed by atoms with Crippen LogP contribution in [0.3, 0.4) is 0 Å². The molecule has 0 spiro atoms. The number of benzene rings is 3. The molecule has 43 heavy (non-hydrogen) atoms. The average Bonchev–Trinajstić information content (AvgIpc) is 3.55. The summed E-state index contributed by atoms with van der Waals surface area (Å²) in [5.41, 5.74) is -2.09. The van der Waals surface area contributed by atoms with E-state index in [-0.39, 0.29) is 58.4 Å². The van der Waals surface area contributed by atoms with Gasteiger partial charge in [-0.05, 0) is 54.1 Å². The summed E-state index contributed by atoms with van der Waals surface area (Å²) >= 11 is 0. The highest BCUT2D eigenvalue weighted by Crippen LogP contribution is 2.41. The van der Waals surface area contributed by atoms with Gasteiger partial charge in [0.15, 0.2) is 23.1 Å². The van der Waals surface area contributed by atoms with Gasteiger partial charge in [0.2, 0.25) is 5.91 Å². The summed E-state index contributed by atoms with van der Waals surface area (Å²) in [6.07, 6.45) is -3.55. The number of imidazole rings is 1. The van der Waals surface area contributed by atoms with Gasteiger partial charge < -0.3 is 19.8 Å². The Morgan fingerprint density at radius 2 is 1.81 bits per heavy atom. The van der Waals surface area contributed by atoms with Gasteiger partial charge in [0, 0.05) is 18.3 Å². The van der Waals surface area contributed by atoms with Crippen molar-refractivity contribution >= 4 is 35.0 Å². The fourth-order valence-corrected chi connectivity index (χ4v) is 4.43. The Kier molecular flexibility index (Phi) is 8.75. The predicted molar refractivity (Wildman–Crippen MR) is 147 cm³/mol. The topological polar surface area (TPSA) is 116 Å². The van der Waals surface area contributed by atoms with Crippen molar-refractivity contribution in [2.24, 2.45) is 7.05 Å². The largest absolute Gasteiger partial charge is 0.493 e. The quantitative estimate of drug-likeness (QED) is 0.233. The highest BCUT2D eigenvalue weighted by molar-refractivity contribution is 5.96. The van der Waals surface area contributed by atoms with Crippen LogP contribution in [-0.2, 0) is 31.2 Å². The number of hydrogen-bond donors (Lipinski definition) is 2. The molecule has 0 bridgehead atoms. The molecule has 0 atom stereocenters. The molecule has 5 aromatic rings. The third kappa shape index (κ3) is 6.30. The van der Waals surface area contributed by atoms with Gasteiger partial charge in [-0.25, -0.2) is 13.6 Å². The summed E-state index contributed by atoms with van der Waals surface area (Å²) in [7, 11) is 2.55. The number of methoxy groups -OCH3 is 1. The molecule has 3 aromatic carbocycles. The van der Waals surface area contributed by atoms with Crippen LogP contribution in [0.4, 0.5) is 27.6 Å². The number of aryl methyl sites for hydroxylation is 1. The fraction of sp³-hybridized carbons (Fsp3) is 0.185. The molecule has 0 radical (unpaired) electrons. The molecule has 2 N–H and O–H groups in total. The molecule has 2 heterocycles. The number of nitrogens with one attached hydrogen (secondary N) is 2. The van der Waals surface area contributed by atoms with Crippen LogP contribution in [0.15, 0.2) is 59.7 Å². The lowest BCUT2D eigenvalue weighted by Gasteiger charge is -2.15. The smallest absolute Gasteiger partial charge is 0.416 e. The zero-order valence-electron chi connectivity index (χ0n) is 22.3. The normalized spacial score (nSPS) is 11.3. The molecule has 5 rings (SSSR count). The van der Waals surface area contributed by atoms with Gasteiger partial charge in [0.25, 0.3) is 0 Å². The molecular formula is C27H22ClF5N6O4. The van der Waals surface area contributed by atoms with Crippen molar-refractivity contribution in [2.45, 2.75) is 19.3 Å². The number of amides is 1. The van der Waals surface area contributed by atoms with Crippen molar-refractivity contribution in [3.63, 3.8) is 0 Å². The Bertz CT molecular complexity index is 1840. The number of H-pyrrole nitrogens is 1. The van der Waals surface area contributed by atoms with E-state index in [4.69, 9.17) is 9.47 Å². The van der Waals surface area contributed by atoms with Gasteiger partial charge in [0.1, 0.15) is 25.3 Å². The fourth-order valence-electron chi connectivity index (χ4n) is 4.43. The van der Waals surface area contributed by atoms with Crippen LogP contribution in [0.2, 0.25) is 0 Å². The first-order valence-corrected chi connectivity index (χ1v) is 12.2. The molecule has 0 unspecified atom stereocenters. The minimum Gasteiger partial charge on any atom is -0.493 e. The van der Waals surface area contributed by atoms with Crippen LogP contribution in [0.1, 0.15) is 11.4 Å². The zero-order chi connectivity index (χ0) is 30.2. The molecule has 0 saturated carbocycles. The maximum Gasteiger partial charge on any atom is 0.416 e. The number of carbonyl (C=O) groups is 1. The minimum atomic E-state index is -4.85. The second-order valence-corrected chi connectivity index (χ2v) is 9.09. The summed E-state index contributed by atoms with van der Waals surface area (Å²) in [5.74, 6) is -2.37. The number of fused-ring (bicyclic) bond motifs is 1. The third-order valence-electron chi connectivity index (χ3n) is 6.35. The number of ether oxygens (including phenoxy) is 2. The second-order valence-electron chi connectivity index (χ2n) is 9.09. The Morgan fingerprint density at radius 1 is 1.09 bits per heavy atom. The van der Waals surface area contributed by atoms with E-state index in [1.807, 2.05) is 0 Å². The van der Waals surface area contributed by atoms with Crippen LogP contribution in [-0.4, -0.2) is 37.3 Å². The second kappa shape index (κ2) is 12.1. The average molecular weight is 625 g/mol. The van der Waals surface area contributed by atoms with E-state index < -0.39 is 41.5 Å². The molecule has 226 valence electrons. The van der Waals surface area contributed by atoms with E-state index in [2.05, 4.69) is 20.5 Å². The Hall–Kier alpha value is -4.92. The third-order valence-corrected chi connectivity index (χ3v) is 6.35. The van der Waals surface area contributed by atoms with Crippen LogP contribution in [0.25, 0.3) is 22.2 Å². The van der Waals surface area contributed by atoms with E-state index in [0.717, 1.165) is 39.5 Å². The van der Waals surface area contributed by atoms with Gasteiger partial charge in [-0.15, -0.1) is 22.6 Å². The summed E-state index contributed by atoms with van der Waals surface area (Å²) in [4.78, 5) is 28.6. The lowest BCUT2D eigenvalue weighted by atomic mass is 9.99. The molecule has 0 saturated heterocycles. The monoisotopic (exact) mass is 624 g/mol. The maximum atomic E-state index is 15.3. The number of aromatic nitrogens is 5. The lowest BCUT2D eigenvalue weighted by molar-refractivity contribution is -0.137. The molecule has 0 fully saturated rings. The van der Waals surface area contributed by atoms with Gasteiger partial charge in [-0.2, -0.15) is 13.2 Å². The first kappa shape index (κ1) is 31.0. The van der Waals surface area contributed by atoms with Crippen LogP contribution in [0, 0.1) is 11.6 Å². The zero-order valence-corrected chi connectivity index (χ0v) is 23.1. The van der Waals surface area contributed by atoms with Crippen molar-refractivity contribution in [3.8, 4) is 22.6 Å². The van der Waals surface area contributed by atoms with Crippen LogP contribution in [0.5, 0.6) is 11.5 Å². The number of anilines is 1. The van der Waals surface area contributed by atoms with E-state index >= 15 is 4.39 Å². The minimum absolute atomic E-state index is 0. The van der Waals surface area contributed by atoms with Gasteiger partial charge in [-0.3, -0.25) is 13.9 Å². The number of aromatic amines is 1. The highest BCUT2D eigenvalue weighted by atomic mass is 35.5. The van der Waals surface area contributed by atoms with Crippen LogP contribution >= 0.6 is 12.4 Å². The van der Waals surface area contributed by atoms with E-state index in [1.165, 1.54) is 38.7 Å². The van der Waals surface area contributed by atoms with E-state index in [0.29, 0.717) is 5.82 Å². The molecule has 1 amide bonds. The summed E-state index contributed by atoms with van der Waals surface area (Å²) in [5, 5.41) is 9.81. The SMILES string of the molecule is COc1cc(-c2cc(C(F)(F)F)cc3c2n(C)c(=O)n3CC(=O)Nc2ccc(F)cc2)cc(F)c1OCc1nnc[nH]1.Cl. The molecule has 16 heteroatoms. The maximum absolute atomic E-state index is 15.3. The van der Waals surface area contributed by atoms with E-state index in [9.17, 15) is 27.2 Å². The molecule has 0 aliphatic carbocycles. The summed E-state index contributed by atoms with van der Waals surface area (Å²) in [6, 6.07) is 8.56. The molecule has 10 nitrogen and oxygen atoms in total. The number of hydrogen-bond acceptors (Lipinski definition) is 6.